The van der Waals surface area contributed by atoms with Gasteiger partial charge < -0.3 is 10.2 Å². The molecule has 0 atom stereocenters. The fourth-order valence-corrected chi connectivity index (χ4v) is 1.67. The molecule has 0 saturated carbocycles. The molecule has 6 heteroatoms. The van der Waals surface area contributed by atoms with E-state index in [1.165, 1.54) is 6.21 Å². The van der Waals surface area contributed by atoms with Crippen LogP contribution < -0.4 is 11.2 Å². The van der Waals surface area contributed by atoms with E-state index < -0.39 is 0 Å². The summed E-state index contributed by atoms with van der Waals surface area (Å²) in [5.41, 5.74) is 8.51. The van der Waals surface area contributed by atoms with Gasteiger partial charge in [0, 0.05) is 5.56 Å². The SMILES string of the molecule is NC(=S)N/N=C/c1ccc(-c2ccccc2Cl)o1. The maximum atomic E-state index is 6.07. The standard InChI is InChI=1S/C12H10ClN3OS/c13-10-4-2-1-3-9(10)11-6-5-8(17-11)7-15-16-12(14)18/h1-7H,(H3,14,16,18)/b15-7+. The van der Waals surface area contributed by atoms with Gasteiger partial charge in [0.25, 0.3) is 0 Å². The Bertz CT molecular complexity index is 595. The molecule has 18 heavy (non-hydrogen) atoms. The van der Waals surface area contributed by atoms with Crippen LogP contribution in [-0.4, -0.2) is 11.3 Å². The zero-order chi connectivity index (χ0) is 13.0. The van der Waals surface area contributed by atoms with Gasteiger partial charge in [-0.2, -0.15) is 5.10 Å². The lowest BCUT2D eigenvalue weighted by Crippen LogP contribution is -2.23. The van der Waals surface area contributed by atoms with Crippen molar-refractivity contribution in [1.29, 1.82) is 0 Å². The van der Waals surface area contributed by atoms with E-state index in [9.17, 15) is 0 Å². The first kappa shape index (κ1) is 12.6. The molecule has 0 aliphatic rings. The zero-order valence-corrected chi connectivity index (χ0v) is 10.8. The molecule has 0 unspecified atom stereocenters. The van der Waals surface area contributed by atoms with Gasteiger partial charge in [-0.25, -0.2) is 0 Å². The Balaban J connectivity index is 2.18. The van der Waals surface area contributed by atoms with E-state index in [1.54, 1.807) is 6.07 Å². The summed E-state index contributed by atoms with van der Waals surface area (Å²) in [7, 11) is 0. The van der Waals surface area contributed by atoms with Crippen molar-refractivity contribution in [3.63, 3.8) is 0 Å². The number of halogens is 1. The van der Waals surface area contributed by atoms with Crippen molar-refractivity contribution in [3.05, 3.63) is 47.2 Å². The first-order valence-electron chi connectivity index (χ1n) is 5.10. The highest BCUT2D eigenvalue weighted by Gasteiger charge is 2.06. The Labute approximate surface area is 114 Å². The van der Waals surface area contributed by atoms with E-state index in [4.69, 9.17) is 21.8 Å². The van der Waals surface area contributed by atoms with Crippen LogP contribution in [0.15, 0.2) is 45.9 Å². The summed E-state index contributed by atoms with van der Waals surface area (Å²) in [5, 5.41) is 4.54. The van der Waals surface area contributed by atoms with E-state index in [-0.39, 0.29) is 5.11 Å². The molecule has 0 radical (unpaired) electrons. The largest absolute Gasteiger partial charge is 0.455 e. The van der Waals surface area contributed by atoms with Crippen molar-refractivity contribution in [2.24, 2.45) is 10.8 Å². The maximum absolute atomic E-state index is 6.07. The van der Waals surface area contributed by atoms with E-state index >= 15 is 0 Å². The average molecular weight is 280 g/mol. The normalized spacial score (nSPS) is 10.7. The fourth-order valence-electron chi connectivity index (χ4n) is 1.39. The highest BCUT2D eigenvalue weighted by Crippen LogP contribution is 2.28. The first-order valence-corrected chi connectivity index (χ1v) is 5.88. The maximum Gasteiger partial charge on any atom is 0.184 e. The quantitative estimate of drug-likeness (QED) is 0.515. The van der Waals surface area contributed by atoms with Crippen molar-refractivity contribution >= 4 is 35.1 Å². The molecule has 4 nitrogen and oxygen atoms in total. The minimum Gasteiger partial charge on any atom is -0.455 e. The van der Waals surface area contributed by atoms with E-state index in [0.29, 0.717) is 16.5 Å². The van der Waals surface area contributed by atoms with Crippen molar-refractivity contribution in [2.45, 2.75) is 0 Å². The molecule has 1 aromatic heterocycles. The van der Waals surface area contributed by atoms with Crippen molar-refractivity contribution in [2.75, 3.05) is 0 Å². The highest BCUT2D eigenvalue weighted by atomic mass is 35.5. The van der Waals surface area contributed by atoms with Crippen LogP contribution in [0, 0.1) is 0 Å². The molecule has 0 amide bonds. The van der Waals surface area contributed by atoms with Gasteiger partial charge in [0.1, 0.15) is 11.5 Å². The molecule has 0 aliphatic heterocycles. The molecule has 2 rings (SSSR count). The minimum atomic E-state index is 0.101. The van der Waals surface area contributed by atoms with E-state index in [1.807, 2.05) is 30.3 Å². The number of furan rings is 1. The molecule has 1 aromatic carbocycles. The molecule has 92 valence electrons. The summed E-state index contributed by atoms with van der Waals surface area (Å²) in [5.74, 6) is 1.26. The van der Waals surface area contributed by atoms with Crippen LogP contribution in [0.1, 0.15) is 5.76 Å². The zero-order valence-electron chi connectivity index (χ0n) is 9.26. The molecule has 0 saturated heterocycles. The van der Waals surface area contributed by atoms with Gasteiger partial charge in [-0.1, -0.05) is 23.7 Å². The van der Waals surface area contributed by atoms with Gasteiger partial charge in [0.05, 0.1) is 11.2 Å². The Morgan fingerprint density at radius 3 is 2.83 bits per heavy atom. The van der Waals surface area contributed by atoms with Crippen LogP contribution in [0.25, 0.3) is 11.3 Å². The summed E-state index contributed by atoms with van der Waals surface area (Å²) < 4.78 is 5.57. The lowest BCUT2D eigenvalue weighted by molar-refractivity contribution is 0.574. The lowest BCUT2D eigenvalue weighted by atomic mass is 10.2. The number of benzene rings is 1. The monoisotopic (exact) mass is 279 g/mol. The summed E-state index contributed by atoms with van der Waals surface area (Å²) in [6.45, 7) is 0. The van der Waals surface area contributed by atoms with Crippen LogP contribution in [0.3, 0.4) is 0 Å². The number of hydrogen-bond donors (Lipinski definition) is 2. The first-order chi connectivity index (χ1) is 8.66. The van der Waals surface area contributed by atoms with E-state index in [2.05, 4.69) is 22.7 Å². The Morgan fingerprint density at radius 2 is 2.11 bits per heavy atom. The number of nitrogens with one attached hydrogen (secondary N) is 1. The Kier molecular flexibility index (Phi) is 3.96. The summed E-state index contributed by atoms with van der Waals surface area (Å²) in [6, 6.07) is 11.1. The van der Waals surface area contributed by atoms with Crippen LogP contribution in [0.4, 0.5) is 0 Å². The third kappa shape index (κ3) is 3.09. The topological polar surface area (TPSA) is 63.5 Å². The minimum absolute atomic E-state index is 0.101. The Hall–Kier alpha value is -1.85. The van der Waals surface area contributed by atoms with Gasteiger partial charge in [-0.15, -0.1) is 0 Å². The van der Waals surface area contributed by atoms with Crippen molar-refractivity contribution < 1.29 is 4.42 Å². The second-order valence-corrected chi connectivity index (χ2v) is 4.26. The molecule has 0 aliphatic carbocycles. The van der Waals surface area contributed by atoms with Crippen LogP contribution in [0.2, 0.25) is 5.02 Å². The molecule has 1 heterocycles. The van der Waals surface area contributed by atoms with E-state index in [0.717, 1.165) is 5.56 Å². The number of hydrogen-bond acceptors (Lipinski definition) is 3. The van der Waals surface area contributed by atoms with Gasteiger partial charge in [0.15, 0.2) is 5.11 Å². The average Bonchev–Trinajstić information content (AvgIpc) is 2.78. The highest BCUT2D eigenvalue weighted by molar-refractivity contribution is 7.80. The second kappa shape index (κ2) is 5.66. The summed E-state index contributed by atoms with van der Waals surface area (Å²) in [4.78, 5) is 0. The number of nitrogens with zero attached hydrogens (tertiary/aromatic N) is 1. The number of hydrazone groups is 1. The number of rotatable bonds is 3. The third-order valence-electron chi connectivity index (χ3n) is 2.13. The van der Waals surface area contributed by atoms with Crippen LogP contribution in [0.5, 0.6) is 0 Å². The van der Waals surface area contributed by atoms with Crippen molar-refractivity contribution in [3.8, 4) is 11.3 Å². The van der Waals surface area contributed by atoms with Crippen LogP contribution >= 0.6 is 23.8 Å². The fraction of sp³-hybridized carbons (Fsp3) is 0. The lowest BCUT2D eigenvalue weighted by Gasteiger charge is -1.98. The van der Waals surface area contributed by atoms with Gasteiger partial charge >= 0.3 is 0 Å². The molecular weight excluding hydrogens is 270 g/mol. The predicted octanol–water partition coefficient (Wildman–Crippen LogP) is 2.77. The molecule has 0 fully saturated rings. The summed E-state index contributed by atoms with van der Waals surface area (Å²) >= 11 is 10.7. The molecule has 0 bridgehead atoms. The predicted molar refractivity (Wildman–Crippen MR) is 76.7 cm³/mol. The second-order valence-electron chi connectivity index (χ2n) is 3.42. The van der Waals surface area contributed by atoms with Gasteiger partial charge in [-0.05, 0) is 36.5 Å². The molecular formula is C12H10ClN3OS. The Morgan fingerprint density at radius 1 is 1.33 bits per heavy atom. The summed E-state index contributed by atoms with van der Waals surface area (Å²) in [6.07, 6.45) is 1.49. The van der Waals surface area contributed by atoms with Gasteiger partial charge in [0.2, 0.25) is 0 Å². The van der Waals surface area contributed by atoms with Gasteiger partial charge in [-0.3, -0.25) is 5.43 Å². The van der Waals surface area contributed by atoms with Crippen LogP contribution in [-0.2, 0) is 0 Å². The molecule has 0 spiro atoms. The smallest absolute Gasteiger partial charge is 0.184 e. The molecule has 3 N–H and O–H groups in total. The number of thiocarbonyl (C=S) groups is 1. The number of nitrogens with two attached hydrogens (primary N) is 1. The molecule has 2 aromatic rings. The third-order valence-corrected chi connectivity index (χ3v) is 2.55. The van der Waals surface area contributed by atoms with Crippen molar-refractivity contribution in [1.82, 2.24) is 5.43 Å².